The largest absolute Gasteiger partial charge is 0.471 e. The van der Waals surface area contributed by atoms with Crippen LogP contribution < -0.4 is 4.74 Å². The Morgan fingerprint density at radius 1 is 1.00 bits per heavy atom. The Labute approximate surface area is 95.7 Å². The Morgan fingerprint density at radius 2 is 1.71 bits per heavy atom. The molecule has 0 saturated carbocycles. The molecule has 1 heterocycles. The van der Waals surface area contributed by atoms with Crippen molar-refractivity contribution in [3.05, 3.63) is 59.5 Å². The van der Waals surface area contributed by atoms with Gasteiger partial charge in [-0.25, -0.2) is 8.78 Å². The van der Waals surface area contributed by atoms with E-state index in [0.29, 0.717) is 6.07 Å². The maximum atomic E-state index is 13.1. The van der Waals surface area contributed by atoms with E-state index in [1.54, 1.807) is 24.3 Å². The average Bonchev–Trinajstić information content (AvgIpc) is 2.33. The normalized spacial score (nSPS) is 10.3. The number of hydrogen-bond donors (Lipinski definition) is 0. The number of nitrogens with zero attached hydrogens (tertiary/aromatic N) is 1. The first kappa shape index (κ1) is 11.4. The zero-order chi connectivity index (χ0) is 12.3. The summed E-state index contributed by atoms with van der Waals surface area (Å²) in [6, 6.07) is 9.32. The molecule has 2 rings (SSSR count). The van der Waals surface area contributed by atoms with Gasteiger partial charge in [0.05, 0.1) is 0 Å². The van der Waals surface area contributed by atoms with Crippen LogP contribution in [0.3, 0.4) is 0 Å². The standard InChI is InChI=1S/C12H8F3NO/c13-9-6-10(14)12(16-11(9)15)17-7-8-4-2-1-3-5-8/h1-6H,7H2. The predicted molar refractivity (Wildman–Crippen MR) is 54.9 cm³/mol. The minimum atomic E-state index is -1.38. The number of benzene rings is 1. The van der Waals surface area contributed by atoms with Crippen LogP contribution in [0.15, 0.2) is 36.4 Å². The summed E-state index contributed by atoms with van der Waals surface area (Å²) in [6.07, 6.45) is 0. The minimum Gasteiger partial charge on any atom is -0.471 e. The van der Waals surface area contributed by atoms with E-state index in [-0.39, 0.29) is 6.61 Å². The molecule has 0 aliphatic rings. The molecule has 0 unspecified atom stereocenters. The van der Waals surface area contributed by atoms with Crippen LogP contribution in [0, 0.1) is 17.6 Å². The fourth-order valence-corrected chi connectivity index (χ4v) is 1.26. The van der Waals surface area contributed by atoms with Gasteiger partial charge in [0, 0.05) is 6.07 Å². The average molecular weight is 239 g/mol. The Hall–Kier alpha value is -2.04. The summed E-state index contributed by atoms with van der Waals surface area (Å²) < 4.78 is 43.4. The summed E-state index contributed by atoms with van der Waals surface area (Å²) in [6.45, 7) is 0.0375. The van der Waals surface area contributed by atoms with Gasteiger partial charge in [-0.15, -0.1) is 0 Å². The lowest BCUT2D eigenvalue weighted by atomic mass is 10.2. The van der Waals surface area contributed by atoms with Gasteiger partial charge in [-0.1, -0.05) is 30.3 Å². The highest BCUT2D eigenvalue weighted by molar-refractivity contribution is 5.18. The SMILES string of the molecule is Fc1cc(F)c(OCc2ccccc2)nc1F. The molecule has 0 aliphatic heterocycles. The Bertz CT molecular complexity index is 517. The van der Waals surface area contributed by atoms with Crippen molar-refractivity contribution >= 4 is 0 Å². The molecule has 0 saturated heterocycles. The molecule has 0 atom stereocenters. The molecule has 0 radical (unpaired) electrons. The monoisotopic (exact) mass is 239 g/mol. The molecule has 0 fully saturated rings. The highest BCUT2D eigenvalue weighted by atomic mass is 19.2. The first-order valence-corrected chi connectivity index (χ1v) is 4.85. The highest BCUT2D eigenvalue weighted by Crippen LogP contribution is 2.17. The Kier molecular flexibility index (Phi) is 3.27. The van der Waals surface area contributed by atoms with E-state index in [1.807, 2.05) is 6.07 Å². The predicted octanol–water partition coefficient (Wildman–Crippen LogP) is 3.08. The van der Waals surface area contributed by atoms with Crippen molar-refractivity contribution in [3.8, 4) is 5.88 Å². The smallest absolute Gasteiger partial charge is 0.253 e. The van der Waals surface area contributed by atoms with E-state index in [9.17, 15) is 13.2 Å². The molecule has 2 nitrogen and oxygen atoms in total. The number of hydrogen-bond acceptors (Lipinski definition) is 2. The topological polar surface area (TPSA) is 22.1 Å². The zero-order valence-corrected chi connectivity index (χ0v) is 8.66. The second-order valence-electron chi connectivity index (χ2n) is 3.32. The molecule has 1 aromatic carbocycles. The Balaban J connectivity index is 2.12. The van der Waals surface area contributed by atoms with Gasteiger partial charge >= 0.3 is 0 Å². The van der Waals surface area contributed by atoms with E-state index in [4.69, 9.17) is 4.74 Å². The maximum absolute atomic E-state index is 13.1. The van der Waals surface area contributed by atoms with Gasteiger partial charge < -0.3 is 4.74 Å². The molecule has 0 amide bonds. The lowest BCUT2D eigenvalue weighted by Gasteiger charge is -2.06. The van der Waals surface area contributed by atoms with Gasteiger partial charge in [0.15, 0.2) is 11.6 Å². The van der Waals surface area contributed by atoms with E-state index in [1.165, 1.54) is 0 Å². The van der Waals surface area contributed by atoms with Crippen LogP contribution in [0.25, 0.3) is 0 Å². The van der Waals surface area contributed by atoms with Crippen molar-refractivity contribution in [1.29, 1.82) is 0 Å². The first-order valence-electron chi connectivity index (χ1n) is 4.85. The fraction of sp³-hybridized carbons (Fsp3) is 0.0833. The molecule has 88 valence electrons. The Morgan fingerprint density at radius 3 is 2.41 bits per heavy atom. The van der Waals surface area contributed by atoms with E-state index in [0.717, 1.165) is 5.56 Å². The molecule has 0 aliphatic carbocycles. The van der Waals surface area contributed by atoms with Gasteiger partial charge in [0.25, 0.3) is 11.8 Å². The van der Waals surface area contributed by atoms with Gasteiger partial charge in [-0.3, -0.25) is 0 Å². The lowest BCUT2D eigenvalue weighted by molar-refractivity contribution is 0.268. The molecule has 0 spiro atoms. The van der Waals surface area contributed by atoms with Gasteiger partial charge in [-0.2, -0.15) is 9.37 Å². The number of aromatic nitrogens is 1. The zero-order valence-electron chi connectivity index (χ0n) is 8.66. The van der Waals surface area contributed by atoms with Crippen molar-refractivity contribution in [3.63, 3.8) is 0 Å². The van der Waals surface area contributed by atoms with Gasteiger partial charge in [0.2, 0.25) is 0 Å². The minimum absolute atomic E-state index is 0.0375. The summed E-state index contributed by atoms with van der Waals surface area (Å²) in [5.41, 5.74) is 0.776. The highest BCUT2D eigenvalue weighted by Gasteiger charge is 2.12. The lowest BCUT2D eigenvalue weighted by Crippen LogP contribution is -2.02. The number of pyridine rings is 1. The summed E-state index contributed by atoms with van der Waals surface area (Å²) >= 11 is 0. The first-order chi connectivity index (χ1) is 8.16. The van der Waals surface area contributed by atoms with Gasteiger partial charge in [0.1, 0.15) is 6.61 Å². The fourth-order valence-electron chi connectivity index (χ4n) is 1.26. The summed E-state index contributed by atoms with van der Waals surface area (Å²) in [5, 5.41) is 0. The van der Waals surface area contributed by atoms with Crippen molar-refractivity contribution in [2.75, 3.05) is 0 Å². The van der Waals surface area contributed by atoms with Crippen molar-refractivity contribution in [2.45, 2.75) is 6.61 Å². The van der Waals surface area contributed by atoms with Crippen molar-refractivity contribution < 1.29 is 17.9 Å². The third-order valence-corrected chi connectivity index (χ3v) is 2.07. The molecule has 0 N–H and O–H groups in total. The van der Waals surface area contributed by atoms with Crippen LogP contribution >= 0.6 is 0 Å². The van der Waals surface area contributed by atoms with E-state index >= 15 is 0 Å². The summed E-state index contributed by atoms with van der Waals surface area (Å²) in [5.74, 6) is -4.29. The molecule has 5 heteroatoms. The molecular weight excluding hydrogens is 231 g/mol. The number of ether oxygens (including phenoxy) is 1. The second-order valence-corrected chi connectivity index (χ2v) is 3.32. The maximum Gasteiger partial charge on any atom is 0.253 e. The summed E-state index contributed by atoms with van der Waals surface area (Å²) in [4.78, 5) is 3.05. The summed E-state index contributed by atoms with van der Waals surface area (Å²) in [7, 11) is 0. The van der Waals surface area contributed by atoms with E-state index < -0.39 is 23.5 Å². The molecule has 2 aromatic rings. The van der Waals surface area contributed by atoms with Crippen LogP contribution in [0.4, 0.5) is 13.2 Å². The van der Waals surface area contributed by atoms with Crippen molar-refractivity contribution in [1.82, 2.24) is 4.98 Å². The van der Waals surface area contributed by atoms with Crippen LogP contribution in [0.2, 0.25) is 0 Å². The van der Waals surface area contributed by atoms with Crippen molar-refractivity contribution in [2.24, 2.45) is 0 Å². The molecule has 0 bridgehead atoms. The molecular formula is C12H8F3NO. The molecule has 1 aromatic heterocycles. The van der Waals surface area contributed by atoms with Crippen LogP contribution in [0.5, 0.6) is 5.88 Å². The van der Waals surface area contributed by atoms with E-state index in [2.05, 4.69) is 4.98 Å². The number of halogens is 3. The molecule has 17 heavy (non-hydrogen) atoms. The van der Waals surface area contributed by atoms with Crippen LogP contribution in [0.1, 0.15) is 5.56 Å². The number of rotatable bonds is 3. The third kappa shape index (κ3) is 2.75. The van der Waals surface area contributed by atoms with Gasteiger partial charge in [-0.05, 0) is 5.56 Å². The van der Waals surface area contributed by atoms with Crippen LogP contribution in [-0.2, 0) is 6.61 Å². The second kappa shape index (κ2) is 4.86. The van der Waals surface area contributed by atoms with Crippen LogP contribution in [-0.4, -0.2) is 4.98 Å². The quantitative estimate of drug-likeness (QED) is 0.768. The third-order valence-electron chi connectivity index (χ3n) is 2.07.